The third kappa shape index (κ3) is 1.90. The topological polar surface area (TPSA) is 41.5 Å². The molecule has 3 nitrogen and oxygen atoms in total. The summed E-state index contributed by atoms with van der Waals surface area (Å²) in [5, 5.41) is 4.52. The lowest BCUT2D eigenvalue weighted by atomic mass is 9.67. The van der Waals surface area contributed by atoms with E-state index in [1.165, 1.54) is 31.4 Å². The van der Waals surface area contributed by atoms with E-state index < -0.39 is 0 Å². The van der Waals surface area contributed by atoms with E-state index in [4.69, 9.17) is 0 Å². The highest BCUT2D eigenvalue weighted by Crippen LogP contribution is 2.41. The van der Waals surface area contributed by atoms with Crippen molar-refractivity contribution in [1.29, 1.82) is 0 Å². The first-order chi connectivity index (χ1) is 8.07. The van der Waals surface area contributed by atoms with Crippen molar-refractivity contribution >= 4 is 11.5 Å². The molecule has 0 aromatic heterocycles. The highest BCUT2D eigenvalue weighted by Gasteiger charge is 2.47. The zero-order valence-electron chi connectivity index (χ0n) is 10.8. The van der Waals surface area contributed by atoms with Gasteiger partial charge in [0, 0.05) is 6.42 Å². The molecule has 1 heterocycles. The molecule has 3 aliphatic rings. The fourth-order valence-corrected chi connectivity index (χ4v) is 3.88. The molecule has 1 aliphatic heterocycles. The van der Waals surface area contributed by atoms with Crippen LogP contribution < -0.4 is 5.43 Å². The van der Waals surface area contributed by atoms with Crippen molar-refractivity contribution in [3.8, 4) is 0 Å². The van der Waals surface area contributed by atoms with Crippen LogP contribution in [-0.4, -0.2) is 17.5 Å². The summed E-state index contributed by atoms with van der Waals surface area (Å²) in [6.45, 7) is 4.38. The van der Waals surface area contributed by atoms with Crippen LogP contribution in [0, 0.1) is 17.3 Å². The maximum Gasteiger partial charge on any atom is 0.144 e. The Labute approximate surface area is 103 Å². The van der Waals surface area contributed by atoms with E-state index >= 15 is 0 Å². The van der Waals surface area contributed by atoms with Gasteiger partial charge in [-0.3, -0.25) is 4.79 Å². The highest BCUT2D eigenvalue weighted by atomic mass is 16.1. The van der Waals surface area contributed by atoms with Gasteiger partial charge in [0.25, 0.3) is 0 Å². The fourth-order valence-electron chi connectivity index (χ4n) is 3.88. The average Bonchev–Trinajstić information content (AvgIpc) is 2.81. The lowest BCUT2D eigenvalue weighted by molar-refractivity contribution is -0.126. The number of Topliss-reactive ketones (excluding diaryl/α,β-unsaturated/α-hetero) is 1. The number of hydrogen-bond donors (Lipinski definition) is 1. The first-order valence-electron chi connectivity index (χ1n) is 6.92. The maximum atomic E-state index is 12.3. The van der Waals surface area contributed by atoms with E-state index in [-0.39, 0.29) is 17.4 Å². The summed E-state index contributed by atoms with van der Waals surface area (Å²) in [5.74, 6) is 1.11. The van der Waals surface area contributed by atoms with Gasteiger partial charge in [-0.05, 0) is 30.6 Å². The molecule has 0 spiro atoms. The predicted octanol–water partition coefficient (Wildman–Crippen LogP) is 2.51. The van der Waals surface area contributed by atoms with Crippen molar-refractivity contribution in [2.75, 3.05) is 0 Å². The molecule has 0 bridgehead atoms. The number of hydrazone groups is 1. The van der Waals surface area contributed by atoms with E-state index in [1.54, 1.807) is 0 Å². The van der Waals surface area contributed by atoms with Gasteiger partial charge in [-0.15, -0.1) is 0 Å². The minimum atomic E-state index is 0.103. The summed E-state index contributed by atoms with van der Waals surface area (Å²) in [7, 11) is 0. The molecule has 0 radical (unpaired) electrons. The first kappa shape index (κ1) is 11.2. The summed E-state index contributed by atoms with van der Waals surface area (Å²) < 4.78 is 0. The SMILES string of the molecule is CC1(C)CC(=O)[C@H]2C(C3CCCC3)=NN[C@@H]2C1. The Bertz CT molecular complexity index is 366. The summed E-state index contributed by atoms with van der Waals surface area (Å²) >= 11 is 0. The molecule has 94 valence electrons. The van der Waals surface area contributed by atoms with Crippen LogP contribution in [0.3, 0.4) is 0 Å². The number of carbonyl (C=O) groups excluding carboxylic acids is 1. The third-order valence-corrected chi connectivity index (χ3v) is 4.63. The Morgan fingerprint density at radius 2 is 2.00 bits per heavy atom. The van der Waals surface area contributed by atoms with E-state index in [9.17, 15) is 4.79 Å². The second-order valence-electron chi connectivity index (χ2n) is 6.74. The van der Waals surface area contributed by atoms with Crippen LogP contribution in [0.4, 0.5) is 0 Å². The average molecular weight is 234 g/mol. The van der Waals surface area contributed by atoms with Crippen molar-refractivity contribution < 1.29 is 4.79 Å². The van der Waals surface area contributed by atoms with Gasteiger partial charge in [-0.25, -0.2) is 0 Å². The van der Waals surface area contributed by atoms with E-state index in [0.717, 1.165) is 12.8 Å². The Kier molecular flexibility index (Phi) is 2.53. The number of fused-ring (bicyclic) bond motifs is 1. The van der Waals surface area contributed by atoms with Crippen LogP contribution in [0.2, 0.25) is 0 Å². The minimum absolute atomic E-state index is 0.103. The van der Waals surface area contributed by atoms with Gasteiger partial charge in [-0.1, -0.05) is 26.7 Å². The molecule has 2 atom stereocenters. The standard InChI is InChI=1S/C14H22N2O/c1-14(2)7-10-12(11(17)8-14)13(16-15-10)9-5-3-4-6-9/h9-10,12,15H,3-8H2,1-2H3/t10-,12+/m1/s1. The van der Waals surface area contributed by atoms with Crippen molar-refractivity contribution in [3.63, 3.8) is 0 Å². The molecule has 0 aromatic carbocycles. The van der Waals surface area contributed by atoms with Gasteiger partial charge in [0.2, 0.25) is 0 Å². The molecular weight excluding hydrogens is 212 g/mol. The molecule has 0 aromatic rings. The number of hydrogen-bond acceptors (Lipinski definition) is 3. The van der Waals surface area contributed by atoms with Gasteiger partial charge < -0.3 is 5.43 Å². The normalized spacial score (nSPS) is 36.6. The van der Waals surface area contributed by atoms with Gasteiger partial charge in [0.05, 0.1) is 17.7 Å². The molecule has 1 N–H and O–H groups in total. The predicted molar refractivity (Wildman–Crippen MR) is 67.8 cm³/mol. The fraction of sp³-hybridized carbons (Fsp3) is 0.857. The van der Waals surface area contributed by atoms with Crippen LogP contribution in [-0.2, 0) is 4.79 Å². The molecule has 0 unspecified atom stereocenters. The molecular formula is C14H22N2O. The third-order valence-electron chi connectivity index (χ3n) is 4.63. The Morgan fingerprint density at radius 3 is 2.71 bits per heavy atom. The monoisotopic (exact) mass is 234 g/mol. The smallest absolute Gasteiger partial charge is 0.144 e. The van der Waals surface area contributed by atoms with E-state index in [1.807, 2.05) is 0 Å². The van der Waals surface area contributed by atoms with E-state index in [2.05, 4.69) is 24.4 Å². The number of nitrogens with zero attached hydrogens (tertiary/aromatic N) is 1. The lowest BCUT2D eigenvalue weighted by Crippen LogP contribution is -2.46. The molecule has 2 aliphatic carbocycles. The Hall–Kier alpha value is -0.860. The van der Waals surface area contributed by atoms with Crippen molar-refractivity contribution in [1.82, 2.24) is 5.43 Å². The maximum absolute atomic E-state index is 12.3. The molecule has 2 fully saturated rings. The number of nitrogens with one attached hydrogen (secondary N) is 1. The second-order valence-corrected chi connectivity index (χ2v) is 6.74. The minimum Gasteiger partial charge on any atom is -0.306 e. The summed E-state index contributed by atoms with van der Waals surface area (Å²) in [6.07, 6.45) is 6.88. The molecule has 17 heavy (non-hydrogen) atoms. The second kappa shape index (κ2) is 3.82. The lowest BCUT2D eigenvalue weighted by Gasteiger charge is -2.36. The van der Waals surface area contributed by atoms with Crippen LogP contribution in [0.15, 0.2) is 5.10 Å². The largest absolute Gasteiger partial charge is 0.306 e. The van der Waals surface area contributed by atoms with Crippen LogP contribution in [0.5, 0.6) is 0 Å². The molecule has 0 amide bonds. The molecule has 2 saturated carbocycles. The van der Waals surface area contributed by atoms with Crippen LogP contribution >= 0.6 is 0 Å². The van der Waals surface area contributed by atoms with Crippen molar-refractivity contribution in [2.45, 2.75) is 58.4 Å². The zero-order valence-corrected chi connectivity index (χ0v) is 10.8. The number of carbonyl (C=O) groups is 1. The molecule has 3 rings (SSSR count). The quantitative estimate of drug-likeness (QED) is 0.757. The summed E-state index contributed by atoms with van der Waals surface area (Å²) in [4.78, 5) is 12.3. The Morgan fingerprint density at radius 1 is 1.29 bits per heavy atom. The van der Waals surface area contributed by atoms with Gasteiger partial charge in [0.15, 0.2) is 0 Å². The zero-order chi connectivity index (χ0) is 12.0. The van der Waals surface area contributed by atoms with Gasteiger partial charge in [-0.2, -0.15) is 5.10 Å². The Balaban J connectivity index is 1.80. The van der Waals surface area contributed by atoms with Crippen LogP contribution in [0.1, 0.15) is 52.4 Å². The molecule has 0 saturated heterocycles. The van der Waals surface area contributed by atoms with Gasteiger partial charge >= 0.3 is 0 Å². The first-order valence-corrected chi connectivity index (χ1v) is 6.92. The number of rotatable bonds is 1. The summed E-state index contributed by atoms with van der Waals surface area (Å²) in [5.41, 5.74) is 4.57. The number of ketones is 1. The highest BCUT2D eigenvalue weighted by molar-refractivity contribution is 6.08. The van der Waals surface area contributed by atoms with Crippen molar-refractivity contribution in [3.05, 3.63) is 0 Å². The summed E-state index contributed by atoms with van der Waals surface area (Å²) in [6, 6.07) is 0.279. The van der Waals surface area contributed by atoms with Crippen LogP contribution in [0.25, 0.3) is 0 Å². The van der Waals surface area contributed by atoms with E-state index in [0.29, 0.717) is 11.7 Å². The molecule has 3 heteroatoms. The van der Waals surface area contributed by atoms with Crippen molar-refractivity contribution in [2.24, 2.45) is 22.4 Å². The van der Waals surface area contributed by atoms with Gasteiger partial charge in [0.1, 0.15) is 5.78 Å².